The number of hydrogen-bond donors (Lipinski definition) is 1. The van der Waals surface area contributed by atoms with E-state index in [0.717, 1.165) is 10.0 Å². The van der Waals surface area contributed by atoms with Gasteiger partial charge < -0.3 is 5.32 Å². The molecule has 3 rings (SSSR count). The van der Waals surface area contributed by atoms with Crippen molar-refractivity contribution in [1.29, 1.82) is 0 Å². The molecule has 126 valence electrons. The fourth-order valence-electron chi connectivity index (χ4n) is 2.39. The van der Waals surface area contributed by atoms with E-state index >= 15 is 0 Å². The minimum atomic E-state index is -0.741. The second kappa shape index (κ2) is 7.44. The molecule has 2 aromatic carbocycles. The normalized spacial score (nSPS) is 11.8. The van der Waals surface area contributed by atoms with Gasteiger partial charge in [0.25, 0.3) is 5.56 Å². The Morgan fingerprint density at radius 1 is 1.08 bits per heavy atom. The molecular formula is C19H16BrN3O2. The van der Waals surface area contributed by atoms with Gasteiger partial charge in [-0.2, -0.15) is 5.10 Å². The molecule has 0 bridgehead atoms. The zero-order valence-electron chi connectivity index (χ0n) is 13.5. The number of nitrogens with one attached hydrogen (secondary N) is 1. The zero-order chi connectivity index (χ0) is 17.8. The summed E-state index contributed by atoms with van der Waals surface area (Å²) < 4.78 is 2.06. The van der Waals surface area contributed by atoms with Crippen LogP contribution in [0.4, 0.5) is 5.69 Å². The molecule has 0 aliphatic carbocycles. The van der Waals surface area contributed by atoms with E-state index in [9.17, 15) is 9.59 Å². The number of carbonyl (C=O) groups is 1. The topological polar surface area (TPSA) is 64.0 Å². The maximum Gasteiger partial charge on any atom is 0.267 e. The number of halogens is 1. The third-order valence-electron chi connectivity index (χ3n) is 3.73. The standard InChI is InChI=1S/C19H16BrN3O2/c1-13(19(25)21-16-9-5-8-15(20)12-16)23-18(24)11-10-17(22-23)14-6-3-2-4-7-14/h2-13H,1H3,(H,21,25). The summed E-state index contributed by atoms with van der Waals surface area (Å²) in [4.78, 5) is 24.7. The summed E-state index contributed by atoms with van der Waals surface area (Å²) in [6, 6.07) is 19.1. The van der Waals surface area contributed by atoms with Gasteiger partial charge in [0.1, 0.15) is 6.04 Å². The molecule has 1 unspecified atom stereocenters. The lowest BCUT2D eigenvalue weighted by Gasteiger charge is -2.15. The molecule has 1 aromatic heterocycles. The van der Waals surface area contributed by atoms with Crippen molar-refractivity contribution in [3.8, 4) is 11.3 Å². The molecule has 5 nitrogen and oxygen atoms in total. The Labute approximate surface area is 153 Å². The summed E-state index contributed by atoms with van der Waals surface area (Å²) in [7, 11) is 0. The Morgan fingerprint density at radius 2 is 1.84 bits per heavy atom. The minimum Gasteiger partial charge on any atom is -0.324 e. The second-order valence-electron chi connectivity index (χ2n) is 5.54. The summed E-state index contributed by atoms with van der Waals surface area (Å²) in [5.74, 6) is -0.307. The molecule has 0 fully saturated rings. The summed E-state index contributed by atoms with van der Waals surface area (Å²) in [5, 5.41) is 7.16. The van der Waals surface area contributed by atoms with Gasteiger partial charge in [0.05, 0.1) is 5.69 Å². The average Bonchev–Trinajstić information content (AvgIpc) is 2.62. The van der Waals surface area contributed by atoms with Crippen molar-refractivity contribution in [1.82, 2.24) is 9.78 Å². The van der Waals surface area contributed by atoms with Crippen LogP contribution >= 0.6 is 15.9 Å². The molecule has 0 saturated heterocycles. The van der Waals surface area contributed by atoms with Crippen molar-refractivity contribution >= 4 is 27.5 Å². The smallest absolute Gasteiger partial charge is 0.267 e. The lowest BCUT2D eigenvalue weighted by Crippen LogP contribution is -2.33. The van der Waals surface area contributed by atoms with Gasteiger partial charge in [0, 0.05) is 21.8 Å². The summed E-state index contributed by atoms with van der Waals surface area (Å²) in [6.45, 7) is 1.65. The van der Waals surface area contributed by atoms with Gasteiger partial charge >= 0.3 is 0 Å². The molecule has 6 heteroatoms. The maximum absolute atomic E-state index is 12.5. The highest BCUT2D eigenvalue weighted by Crippen LogP contribution is 2.18. The van der Waals surface area contributed by atoms with Crippen molar-refractivity contribution in [2.45, 2.75) is 13.0 Å². The van der Waals surface area contributed by atoms with Crippen LogP contribution in [0.15, 0.2) is 76.0 Å². The highest BCUT2D eigenvalue weighted by atomic mass is 79.9. The van der Waals surface area contributed by atoms with Crippen LogP contribution in [0.2, 0.25) is 0 Å². The monoisotopic (exact) mass is 397 g/mol. The average molecular weight is 398 g/mol. The van der Waals surface area contributed by atoms with E-state index in [1.165, 1.54) is 10.7 Å². The van der Waals surface area contributed by atoms with E-state index in [0.29, 0.717) is 11.4 Å². The minimum absolute atomic E-state index is 0.307. The van der Waals surface area contributed by atoms with Gasteiger partial charge in [-0.3, -0.25) is 9.59 Å². The molecule has 0 radical (unpaired) electrons. The lowest BCUT2D eigenvalue weighted by molar-refractivity contribution is -0.119. The number of amides is 1. The number of hydrogen-bond acceptors (Lipinski definition) is 3. The molecule has 3 aromatic rings. The van der Waals surface area contributed by atoms with Crippen LogP contribution < -0.4 is 10.9 Å². The summed E-state index contributed by atoms with van der Waals surface area (Å²) >= 11 is 3.36. The molecule has 1 heterocycles. The predicted octanol–water partition coefficient (Wildman–Crippen LogP) is 3.87. The number of rotatable bonds is 4. The quantitative estimate of drug-likeness (QED) is 0.726. The van der Waals surface area contributed by atoms with Gasteiger partial charge in [0.2, 0.25) is 5.91 Å². The Kier molecular flexibility index (Phi) is 5.09. The first-order valence-electron chi connectivity index (χ1n) is 7.76. The van der Waals surface area contributed by atoms with Crippen LogP contribution in [-0.2, 0) is 4.79 Å². The molecule has 0 aliphatic rings. The fraction of sp³-hybridized carbons (Fsp3) is 0.105. The van der Waals surface area contributed by atoms with Crippen LogP contribution in [0, 0.1) is 0 Å². The maximum atomic E-state index is 12.5. The van der Waals surface area contributed by atoms with Crippen LogP contribution in [0.5, 0.6) is 0 Å². The van der Waals surface area contributed by atoms with E-state index in [2.05, 4.69) is 26.3 Å². The van der Waals surface area contributed by atoms with Gasteiger partial charge in [0.15, 0.2) is 0 Å². The molecule has 1 N–H and O–H groups in total. The van der Waals surface area contributed by atoms with Crippen LogP contribution in [0.25, 0.3) is 11.3 Å². The largest absolute Gasteiger partial charge is 0.324 e. The van der Waals surface area contributed by atoms with Crippen LogP contribution in [-0.4, -0.2) is 15.7 Å². The van der Waals surface area contributed by atoms with Gasteiger partial charge in [-0.05, 0) is 31.2 Å². The van der Waals surface area contributed by atoms with E-state index in [1.807, 2.05) is 42.5 Å². The van der Waals surface area contributed by atoms with Crippen molar-refractivity contribution < 1.29 is 4.79 Å². The van der Waals surface area contributed by atoms with Crippen molar-refractivity contribution in [3.05, 3.63) is 81.6 Å². The molecule has 25 heavy (non-hydrogen) atoms. The fourth-order valence-corrected chi connectivity index (χ4v) is 2.79. The Hall–Kier alpha value is -2.73. The third kappa shape index (κ3) is 4.03. The lowest BCUT2D eigenvalue weighted by atomic mass is 10.1. The Balaban J connectivity index is 1.87. The van der Waals surface area contributed by atoms with E-state index in [1.54, 1.807) is 25.1 Å². The third-order valence-corrected chi connectivity index (χ3v) is 4.23. The van der Waals surface area contributed by atoms with Gasteiger partial charge in [-0.15, -0.1) is 0 Å². The summed E-state index contributed by atoms with van der Waals surface area (Å²) in [6.07, 6.45) is 0. The first-order valence-corrected chi connectivity index (χ1v) is 8.55. The van der Waals surface area contributed by atoms with Crippen LogP contribution in [0.1, 0.15) is 13.0 Å². The van der Waals surface area contributed by atoms with Crippen molar-refractivity contribution in [2.75, 3.05) is 5.32 Å². The van der Waals surface area contributed by atoms with E-state index in [-0.39, 0.29) is 11.5 Å². The van der Waals surface area contributed by atoms with Crippen molar-refractivity contribution in [3.63, 3.8) is 0 Å². The Morgan fingerprint density at radius 3 is 2.56 bits per heavy atom. The first-order chi connectivity index (χ1) is 12.0. The number of benzene rings is 2. The van der Waals surface area contributed by atoms with Crippen molar-refractivity contribution in [2.24, 2.45) is 0 Å². The number of carbonyl (C=O) groups excluding carboxylic acids is 1. The second-order valence-corrected chi connectivity index (χ2v) is 6.46. The summed E-state index contributed by atoms with van der Waals surface area (Å²) in [5.41, 5.74) is 1.85. The molecule has 0 aliphatic heterocycles. The molecular weight excluding hydrogens is 382 g/mol. The highest BCUT2D eigenvalue weighted by molar-refractivity contribution is 9.10. The SMILES string of the molecule is CC(C(=O)Nc1cccc(Br)c1)n1nc(-c2ccccc2)ccc1=O. The number of anilines is 1. The molecule has 0 spiro atoms. The van der Waals surface area contributed by atoms with E-state index < -0.39 is 6.04 Å². The Bertz CT molecular complexity index is 954. The van der Waals surface area contributed by atoms with E-state index in [4.69, 9.17) is 0 Å². The van der Waals surface area contributed by atoms with Crippen LogP contribution in [0.3, 0.4) is 0 Å². The predicted molar refractivity (Wildman–Crippen MR) is 101 cm³/mol. The number of aromatic nitrogens is 2. The number of nitrogens with zero attached hydrogens (tertiary/aromatic N) is 2. The van der Waals surface area contributed by atoms with Gasteiger partial charge in [-0.25, -0.2) is 4.68 Å². The molecule has 1 amide bonds. The highest BCUT2D eigenvalue weighted by Gasteiger charge is 2.18. The first kappa shape index (κ1) is 17.1. The molecule has 1 atom stereocenters. The molecule has 0 saturated carbocycles. The zero-order valence-corrected chi connectivity index (χ0v) is 15.1. The van der Waals surface area contributed by atoms with Gasteiger partial charge in [-0.1, -0.05) is 52.3 Å².